The first-order valence-corrected chi connectivity index (χ1v) is 13.1. The van der Waals surface area contributed by atoms with Crippen molar-refractivity contribution in [2.45, 2.75) is 0 Å². The summed E-state index contributed by atoms with van der Waals surface area (Å²) in [6.45, 7) is -0.158. The van der Waals surface area contributed by atoms with Crippen LogP contribution in [0.1, 0.15) is 10.6 Å². The zero-order valence-corrected chi connectivity index (χ0v) is 24.5. The van der Waals surface area contributed by atoms with Crippen molar-refractivity contribution in [2.24, 2.45) is 0 Å². The lowest BCUT2D eigenvalue weighted by Crippen LogP contribution is -2.05. The van der Waals surface area contributed by atoms with E-state index in [-0.39, 0.29) is 6.47 Å². The van der Waals surface area contributed by atoms with Crippen LogP contribution in [0.25, 0.3) is 34.5 Å². The van der Waals surface area contributed by atoms with Crippen LogP contribution in [0.5, 0.6) is 0 Å². The largest absolute Gasteiger partial charge is 0.334 e. The van der Waals surface area contributed by atoms with Crippen LogP contribution in [-0.2, 0) is 110 Å². The van der Waals surface area contributed by atoms with E-state index in [2.05, 4.69) is 184 Å². The number of thiazole rings is 1. The summed E-state index contributed by atoms with van der Waals surface area (Å²) in [5.41, 5.74) is 5.80. The SMILES string of the molecule is C(=C\c1nc(-c2cccc(-c3ccccc3)c2)cs1)/c1ccccc1.O=COOOOOOOOOOOOOOOOOOOOOO. The molecule has 0 saturated heterocycles. The fourth-order valence-electron chi connectivity index (χ4n) is 2.95. The lowest BCUT2D eigenvalue weighted by Gasteiger charge is -2.03. The first-order chi connectivity index (χ1) is 24.3. The molecule has 0 radical (unpaired) electrons. The maximum Gasteiger partial charge on any atom is 0.334 e. The van der Waals surface area contributed by atoms with Gasteiger partial charge < -0.3 is 0 Å². The Hall–Kier alpha value is -4.34. The molecule has 0 spiro atoms. The van der Waals surface area contributed by atoms with E-state index in [9.17, 15) is 4.79 Å². The number of carbonyl (C=O) groups is 1. The number of hydrogen-bond acceptors (Lipinski definition) is 25. The third-order valence-corrected chi connectivity index (χ3v) is 5.42. The van der Waals surface area contributed by atoms with Gasteiger partial charge in [-0.1, -0.05) is 84.9 Å². The molecule has 1 aromatic heterocycles. The molecule has 0 amide bonds. The summed E-state index contributed by atoms with van der Waals surface area (Å²) in [5.74, 6) is 0. The van der Waals surface area contributed by atoms with Crippen LogP contribution >= 0.6 is 11.3 Å². The highest BCUT2D eigenvalue weighted by Gasteiger charge is 2.05. The first-order valence-electron chi connectivity index (χ1n) is 12.2. The molecule has 0 bridgehead atoms. The first kappa shape index (κ1) is 39.1. The van der Waals surface area contributed by atoms with Gasteiger partial charge in [-0.2, -0.15) is 0 Å². The van der Waals surface area contributed by atoms with E-state index in [4.69, 9.17) is 10.2 Å². The molecule has 24 nitrogen and oxygen atoms in total. The van der Waals surface area contributed by atoms with Gasteiger partial charge in [-0.25, -0.2) is 10.2 Å². The highest BCUT2D eigenvalue weighted by Crippen LogP contribution is 2.28. The third-order valence-electron chi connectivity index (χ3n) is 4.61. The number of carbonyl (C=O) groups excluding carboxylic acids is 1. The molecule has 4 rings (SSSR count). The molecule has 49 heavy (non-hydrogen) atoms. The molecule has 3 aromatic carbocycles. The molecule has 4 aromatic rings. The van der Waals surface area contributed by atoms with Crippen LogP contribution in [-0.4, -0.2) is 16.7 Å². The molecule has 0 unspecified atom stereocenters. The van der Waals surface area contributed by atoms with Crippen LogP contribution in [0.4, 0.5) is 0 Å². The van der Waals surface area contributed by atoms with E-state index in [0.29, 0.717) is 0 Å². The molecular weight excluding hydrogens is 702 g/mol. The standard InChI is InChI=1S/C23H17NS.CH2O23/c1-3-8-18(9-4-1)14-15-23-24-22(17-25-23)21-13-7-12-20(16-21)19-10-5-2-6-11-19;2-1-4-6-8-10-12-14-16-18-20-22-24-23-21-19-17-15-13-11-9-7-5-3/h1-17H;1,3H/b15-14+;. The van der Waals surface area contributed by atoms with Gasteiger partial charge in [0.1, 0.15) is 5.01 Å². The van der Waals surface area contributed by atoms with Gasteiger partial charge in [-0.3, -0.25) is 9.68 Å². The Bertz CT molecular complexity index is 1420. The quantitative estimate of drug-likeness (QED) is 0.0413. The number of rotatable bonds is 25. The average Bonchev–Trinajstić information content (AvgIpc) is 3.64. The Balaban J connectivity index is 0.000000266. The zero-order valence-electron chi connectivity index (χ0n) is 23.7. The minimum absolute atomic E-state index is 0.158. The van der Waals surface area contributed by atoms with Gasteiger partial charge in [0, 0.05) is 71.4 Å². The summed E-state index contributed by atoms with van der Waals surface area (Å²) in [6, 6.07) is 29.3. The second-order valence-corrected chi connectivity index (χ2v) is 8.21. The fraction of sp³-hybridized carbons (Fsp3) is 0. The minimum Gasteiger partial charge on any atom is -0.270 e. The summed E-state index contributed by atoms with van der Waals surface area (Å²) < 4.78 is 0. The van der Waals surface area contributed by atoms with Gasteiger partial charge in [0.25, 0.3) is 0 Å². The summed E-state index contributed by atoms with van der Waals surface area (Å²) in [5, 5.41) is 78.8. The molecule has 0 aliphatic rings. The van der Waals surface area contributed by atoms with Crippen LogP contribution in [0.3, 0.4) is 0 Å². The molecule has 1 N–H and O–H groups in total. The Kier molecular flexibility index (Phi) is 21.2. The Morgan fingerprint density at radius 3 is 1.51 bits per heavy atom. The number of aromatic nitrogens is 1. The molecular formula is C24H19NO23S. The summed E-state index contributed by atoms with van der Waals surface area (Å²) in [4.78, 5) is 17.7. The molecule has 264 valence electrons. The fourth-order valence-corrected chi connectivity index (χ4v) is 3.67. The zero-order chi connectivity index (χ0) is 34.5. The molecule has 0 fully saturated rings. The summed E-state index contributed by atoms with van der Waals surface area (Å²) in [6.07, 6.45) is 4.17. The lowest BCUT2D eigenvalue weighted by atomic mass is 10.0. The molecule has 25 heteroatoms. The summed E-state index contributed by atoms with van der Waals surface area (Å²) >= 11 is 1.67. The number of nitrogens with zero attached hydrogens (tertiary/aromatic N) is 1. The van der Waals surface area contributed by atoms with Crippen molar-refractivity contribution in [1.29, 1.82) is 0 Å². The Labute approximate surface area is 274 Å². The van der Waals surface area contributed by atoms with Crippen molar-refractivity contribution < 1.29 is 116 Å². The average molecular weight is 721 g/mol. The normalized spacial score (nSPS) is 11.0. The van der Waals surface area contributed by atoms with E-state index in [0.717, 1.165) is 16.3 Å². The Morgan fingerprint density at radius 1 is 0.510 bits per heavy atom. The monoisotopic (exact) mass is 721 g/mol. The second kappa shape index (κ2) is 26.6. The van der Waals surface area contributed by atoms with Crippen LogP contribution < -0.4 is 0 Å². The summed E-state index contributed by atoms with van der Waals surface area (Å²) in [7, 11) is 0. The molecule has 0 aliphatic heterocycles. The predicted octanol–water partition coefficient (Wildman–Crippen LogP) is 4.91. The van der Waals surface area contributed by atoms with E-state index in [1.54, 1.807) is 11.3 Å². The van der Waals surface area contributed by atoms with Crippen molar-refractivity contribution in [3.8, 4) is 22.4 Å². The van der Waals surface area contributed by atoms with Gasteiger partial charge in [0.2, 0.25) is 0 Å². The lowest BCUT2D eigenvalue weighted by molar-refractivity contribution is -0.896. The topological polar surface area (TPSA) is 244 Å². The van der Waals surface area contributed by atoms with E-state index in [1.807, 2.05) is 24.3 Å². The van der Waals surface area contributed by atoms with E-state index in [1.165, 1.54) is 16.7 Å². The van der Waals surface area contributed by atoms with Crippen molar-refractivity contribution in [3.05, 3.63) is 101 Å². The van der Waals surface area contributed by atoms with Crippen molar-refractivity contribution in [1.82, 2.24) is 4.98 Å². The van der Waals surface area contributed by atoms with Crippen molar-refractivity contribution >= 4 is 30.0 Å². The van der Waals surface area contributed by atoms with Crippen molar-refractivity contribution in [3.63, 3.8) is 0 Å². The maximum atomic E-state index is 9.49. The molecule has 0 aliphatic carbocycles. The molecule has 0 saturated carbocycles. The van der Waals surface area contributed by atoms with Crippen LogP contribution in [0, 0.1) is 0 Å². The van der Waals surface area contributed by atoms with Gasteiger partial charge >= 0.3 is 6.47 Å². The highest BCUT2D eigenvalue weighted by atomic mass is 32.1. The van der Waals surface area contributed by atoms with Gasteiger partial charge in [0.05, 0.1) is 5.69 Å². The highest BCUT2D eigenvalue weighted by molar-refractivity contribution is 7.10. The van der Waals surface area contributed by atoms with Gasteiger partial charge in [-0.05, 0) is 69.1 Å². The van der Waals surface area contributed by atoms with Crippen molar-refractivity contribution in [2.75, 3.05) is 0 Å². The van der Waals surface area contributed by atoms with Crippen LogP contribution in [0.15, 0.2) is 90.3 Å². The molecule has 0 atom stereocenters. The van der Waals surface area contributed by atoms with E-state index >= 15 is 0 Å². The van der Waals surface area contributed by atoms with Gasteiger partial charge in [-0.15, -0.1) is 11.3 Å². The number of benzene rings is 3. The predicted molar refractivity (Wildman–Crippen MR) is 140 cm³/mol. The second-order valence-electron chi connectivity index (χ2n) is 7.32. The third kappa shape index (κ3) is 18.1. The maximum absolute atomic E-state index is 9.49. The van der Waals surface area contributed by atoms with E-state index < -0.39 is 0 Å². The number of hydrogen-bond donors (Lipinski definition) is 1. The molecule has 1 heterocycles. The minimum atomic E-state index is -0.158. The Morgan fingerprint density at radius 2 is 0.980 bits per heavy atom. The van der Waals surface area contributed by atoms with Crippen LogP contribution in [0.2, 0.25) is 0 Å². The smallest absolute Gasteiger partial charge is 0.270 e. The van der Waals surface area contributed by atoms with Gasteiger partial charge in [0.15, 0.2) is 0 Å².